The molecule has 3 aromatic heterocycles. The van der Waals surface area contributed by atoms with Gasteiger partial charge in [-0.3, -0.25) is 14.4 Å². The Morgan fingerprint density at radius 1 is 0.551 bits per heavy atom. The minimum absolute atomic E-state index is 0.0853. The number of thioether (sulfide) groups is 2. The highest BCUT2D eigenvalue weighted by Crippen LogP contribution is 2.30. The van der Waals surface area contributed by atoms with Gasteiger partial charge in [-0.05, 0) is 157 Å². The molecule has 6 heterocycles. The van der Waals surface area contributed by atoms with E-state index in [0.29, 0.717) is 68.5 Å². The van der Waals surface area contributed by atoms with Crippen LogP contribution in [-0.4, -0.2) is 123 Å². The van der Waals surface area contributed by atoms with Crippen LogP contribution < -0.4 is 22.4 Å². The molecule has 0 saturated heterocycles. The number of nitrogens with one attached hydrogen (secondary N) is 3. The monoisotopic (exact) mass is 1170 g/mol. The van der Waals surface area contributed by atoms with Crippen LogP contribution in [-0.2, 0) is 35.7 Å². The van der Waals surface area contributed by atoms with Crippen molar-refractivity contribution < 1.29 is 16.5 Å². The maximum atomic E-state index is 12.2. The van der Waals surface area contributed by atoms with E-state index in [-0.39, 0.29) is 16.7 Å². The molecule has 5 N–H and O–H groups in total. The van der Waals surface area contributed by atoms with Gasteiger partial charge in [-0.2, -0.15) is 12.6 Å². The number of nitrogens with two attached hydrogens (primary N) is 1. The summed E-state index contributed by atoms with van der Waals surface area (Å²) in [5, 5.41) is 1.27. The zero-order chi connectivity index (χ0) is 51.3. The predicted molar refractivity (Wildman–Crippen MR) is 309 cm³/mol. The van der Waals surface area contributed by atoms with E-state index in [1.807, 2.05) is 0 Å². The minimum Gasteiger partial charge on any atom is -0.437 e. The van der Waals surface area contributed by atoms with Crippen LogP contribution >= 0.6 is 52.1 Å². The van der Waals surface area contributed by atoms with E-state index in [9.17, 15) is 14.4 Å². The van der Waals surface area contributed by atoms with Gasteiger partial charge in [0.15, 0.2) is 65.8 Å². The Hall–Kier alpha value is -1.72. The minimum atomic E-state index is -2.30. The molecule has 0 atom stereocenters. The molecule has 69 heavy (non-hydrogen) atoms. The van der Waals surface area contributed by atoms with Crippen LogP contribution in [0.2, 0.25) is 103 Å². The number of H-pyrrole nitrogens is 3. The number of fused-ring (bicyclic) bond motifs is 3. The second kappa shape index (κ2) is 26.5. The van der Waals surface area contributed by atoms with E-state index in [2.05, 4.69) is 152 Å². The largest absolute Gasteiger partial charge is 0.437 e. The summed E-state index contributed by atoms with van der Waals surface area (Å²) in [5.41, 5.74) is 7.27. The number of thiol groups is 1. The molecule has 0 unspecified atom stereocenters. The Morgan fingerprint density at radius 2 is 0.884 bits per heavy atom. The van der Waals surface area contributed by atoms with Gasteiger partial charge >= 0.3 is 17.1 Å². The molecule has 0 bridgehead atoms. The summed E-state index contributed by atoms with van der Waals surface area (Å²) in [7, 11) is -11.4. The molecular formula is C42H75BrN10O7S3Si6. The van der Waals surface area contributed by atoms with E-state index in [1.54, 1.807) is 42.2 Å². The Balaban J connectivity index is 0.000000283. The van der Waals surface area contributed by atoms with Crippen LogP contribution in [0.4, 0.5) is 17.5 Å². The van der Waals surface area contributed by atoms with Gasteiger partial charge in [0.25, 0.3) is 16.7 Å². The Morgan fingerprint density at radius 3 is 1.25 bits per heavy atom. The quantitative estimate of drug-likeness (QED) is 0.0185. The smallest absolute Gasteiger partial charge is 0.311 e. The lowest BCUT2D eigenvalue weighted by molar-refractivity contribution is 0.386. The third-order valence-corrected chi connectivity index (χ3v) is 36.3. The molecule has 384 valence electrons. The summed E-state index contributed by atoms with van der Waals surface area (Å²) >= 11 is 10.5. The average molecular weight is 1180 g/mol. The Labute approximate surface area is 436 Å². The first kappa shape index (κ1) is 59.8. The number of aromatic amines is 3. The second-order valence-corrected chi connectivity index (χ2v) is 48.7. The summed E-state index contributed by atoms with van der Waals surface area (Å²) in [6, 6.07) is 4.33. The van der Waals surface area contributed by atoms with Crippen molar-refractivity contribution >= 4 is 139 Å². The molecule has 0 fully saturated rings. The second-order valence-electron chi connectivity index (χ2n) is 20.4. The number of nitrogens with zero attached hydrogens (tertiary/aromatic N) is 6. The first-order valence-electron chi connectivity index (χ1n) is 23.6. The maximum absolute atomic E-state index is 12.2. The molecule has 3 aliphatic rings. The Kier molecular flexibility index (Phi) is 23.0. The number of hydrogen-bond donors (Lipinski definition) is 5. The van der Waals surface area contributed by atoms with Crippen molar-refractivity contribution in [2.45, 2.75) is 158 Å². The zero-order valence-electron chi connectivity index (χ0n) is 42.6. The molecule has 6 rings (SSSR count). The van der Waals surface area contributed by atoms with E-state index in [1.165, 1.54) is 6.04 Å². The van der Waals surface area contributed by atoms with Crippen LogP contribution in [0, 0.1) is 0 Å². The Bertz CT molecular complexity index is 2350. The van der Waals surface area contributed by atoms with Crippen molar-refractivity contribution in [2.24, 2.45) is 20.7 Å². The molecule has 27 heteroatoms. The van der Waals surface area contributed by atoms with Crippen LogP contribution in [0.5, 0.6) is 0 Å². The summed E-state index contributed by atoms with van der Waals surface area (Å²) < 4.78 is 26.8. The van der Waals surface area contributed by atoms with Crippen LogP contribution in [0.15, 0.2) is 44.4 Å². The standard InChI is InChI=1S/C24H38N6O4S2Si3.C12H33NO2SSi3.C6H4BrN3O/c1-37(2,15-7-13-35-23-27-19-17(9-11-25-19)21(31)29-23)33-39(5,6)34-38(3,4)16-8-14-36-24-28-20-18(10-12-26-20)22(32)30-24;1-17(2,11-7-9-13)14-19(5,6)15-18(3,4)12-8-10-16;7-6-9-4-3(1-2-8-4)5(11)10-6/h11-12H,7-10,13-16H2,1-6H3,(H,27,29,31)(H,28,30,32);16H,7-13H2,1-6H3;2H,1H2,(H,9,10,11). The number of aliphatic imine (C=N–C) groups is 3. The van der Waals surface area contributed by atoms with Gasteiger partial charge in [-0.25, -0.2) is 29.9 Å². The number of aromatic nitrogens is 6. The van der Waals surface area contributed by atoms with Gasteiger partial charge in [-0.15, -0.1) is 0 Å². The zero-order valence-corrected chi connectivity index (χ0v) is 52.7. The van der Waals surface area contributed by atoms with Crippen LogP contribution in [0.25, 0.3) is 0 Å². The van der Waals surface area contributed by atoms with Gasteiger partial charge in [0.2, 0.25) is 0 Å². The van der Waals surface area contributed by atoms with E-state index >= 15 is 0 Å². The molecule has 0 aliphatic carbocycles. The normalized spacial score (nSPS) is 14.3. The molecule has 0 amide bonds. The van der Waals surface area contributed by atoms with Crippen molar-refractivity contribution in [2.75, 3.05) is 23.8 Å². The highest BCUT2D eigenvalue weighted by Gasteiger charge is 2.40. The maximum Gasteiger partial charge on any atom is 0.311 e. The number of halogens is 1. The van der Waals surface area contributed by atoms with Gasteiger partial charge < -0.3 is 37.1 Å². The van der Waals surface area contributed by atoms with Gasteiger partial charge in [0, 0.05) is 49.4 Å². The molecule has 0 aromatic carbocycles. The molecule has 0 radical (unpaired) electrons. The third kappa shape index (κ3) is 21.0. The summed E-state index contributed by atoms with van der Waals surface area (Å²) in [6.45, 7) is 27.7. The fraction of sp³-hybridized carbons (Fsp3) is 0.643. The lowest BCUT2D eigenvalue weighted by atomic mass is 10.3. The molecule has 0 saturated carbocycles. The topological polar surface area (TPSA) is 237 Å². The highest BCUT2D eigenvalue weighted by molar-refractivity contribution is 9.10. The van der Waals surface area contributed by atoms with Crippen molar-refractivity contribution in [1.82, 2.24) is 29.9 Å². The molecule has 3 aromatic rings. The lowest BCUT2D eigenvalue weighted by Gasteiger charge is -2.38. The fourth-order valence-corrected chi connectivity index (χ4v) is 39.4. The van der Waals surface area contributed by atoms with Crippen molar-refractivity contribution in [3.05, 3.63) is 52.5 Å². The number of hydrogen-bond acceptors (Lipinski definition) is 17. The fourth-order valence-electron chi connectivity index (χ4n) is 8.34. The van der Waals surface area contributed by atoms with Gasteiger partial charge in [0.1, 0.15) is 0 Å². The summed E-state index contributed by atoms with van der Waals surface area (Å²) in [6.07, 6.45) is 11.0. The highest BCUT2D eigenvalue weighted by atomic mass is 79.9. The van der Waals surface area contributed by atoms with Crippen molar-refractivity contribution in [3.8, 4) is 0 Å². The molecular weight excluding hydrogens is 1100 g/mol. The summed E-state index contributed by atoms with van der Waals surface area (Å²) in [4.78, 5) is 69.0. The van der Waals surface area contributed by atoms with E-state index in [4.69, 9.17) is 22.2 Å². The first-order valence-corrected chi connectivity index (χ1v) is 45.1. The first-order chi connectivity index (χ1) is 32.1. The van der Waals surface area contributed by atoms with Gasteiger partial charge in [0.05, 0.1) is 16.7 Å². The molecule has 0 spiro atoms. The van der Waals surface area contributed by atoms with Crippen LogP contribution in [0.1, 0.15) is 42.4 Å². The van der Waals surface area contributed by atoms with Gasteiger partial charge in [-0.1, -0.05) is 23.5 Å². The SMILES string of the molecule is C[Si](C)(CCCN)O[Si](C)(C)O[Si](C)(C)CCCS.C[Si](C)(CCCSc1nc2c(c(=O)[nH]1)CC=N2)O[Si](C)(C)O[Si](C)(C)CCCSc1nc2c(c(=O)[nH]1)CC=N2.O=c1[nH]c(Br)nc2c1CC=N2. The lowest BCUT2D eigenvalue weighted by Crippen LogP contribution is -2.52. The number of rotatable bonds is 24. The molecule has 17 nitrogen and oxygen atoms in total. The van der Waals surface area contributed by atoms with Crippen molar-refractivity contribution in [1.29, 1.82) is 0 Å². The predicted octanol–water partition coefficient (Wildman–Crippen LogP) is 9.77. The molecule has 3 aliphatic heterocycles. The van der Waals surface area contributed by atoms with E-state index < -0.39 is 50.4 Å². The van der Waals surface area contributed by atoms with Crippen molar-refractivity contribution in [3.63, 3.8) is 0 Å². The van der Waals surface area contributed by atoms with Crippen LogP contribution in [0.3, 0.4) is 0 Å². The summed E-state index contributed by atoms with van der Waals surface area (Å²) in [5.74, 6) is 4.31. The average Bonchev–Trinajstić information content (AvgIpc) is 4.01. The third-order valence-electron chi connectivity index (χ3n) is 10.8. The van der Waals surface area contributed by atoms with E-state index in [0.717, 1.165) is 67.6 Å².